The molecule has 1 heterocycles. The number of rotatable bonds is 4. The smallest absolute Gasteiger partial charge is 0.418 e. The Morgan fingerprint density at radius 2 is 1.56 bits per heavy atom. The van der Waals surface area contributed by atoms with Crippen LogP contribution in [0.15, 0.2) is 60.8 Å². The fourth-order valence-electron chi connectivity index (χ4n) is 3.56. The number of benzene rings is 2. The van der Waals surface area contributed by atoms with Crippen molar-refractivity contribution in [3.63, 3.8) is 0 Å². The van der Waals surface area contributed by atoms with Crippen molar-refractivity contribution in [1.82, 2.24) is 4.57 Å². The third kappa shape index (κ3) is 4.86. The molecule has 1 aromatic heterocycles. The molecule has 158 valence electrons. The average molecular weight is 422 g/mol. The summed E-state index contributed by atoms with van der Waals surface area (Å²) in [6.07, 6.45) is 1.56. The summed E-state index contributed by atoms with van der Waals surface area (Å²) in [7, 11) is 0. The molecule has 0 saturated carbocycles. The van der Waals surface area contributed by atoms with Crippen LogP contribution >= 0.6 is 0 Å². The molecule has 0 aliphatic heterocycles. The predicted octanol–water partition coefficient (Wildman–Crippen LogP) is 5.26. The van der Waals surface area contributed by atoms with Gasteiger partial charge in [-0.2, -0.15) is 15.8 Å². The van der Waals surface area contributed by atoms with Gasteiger partial charge in [-0.05, 0) is 62.6 Å². The highest BCUT2D eigenvalue weighted by Gasteiger charge is 2.24. The van der Waals surface area contributed by atoms with Gasteiger partial charge in [0.1, 0.15) is 17.7 Å². The number of hydrogen-bond donors (Lipinski definition) is 0. The SMILES string of the molecule is CC(C)(C)OC(=O)n1cccc1C[C@@H](c1ccccc1)c1cc(C#N)c(C#N)cc1C#N. The van der Waals surface area contributed by atoms with Gasteiger partial charge < -0.3 is 4.74 Å². The van der Waals surface area contributed by atoms with Crippen LogP contribution in [0.2, 0.25) is 0 Å². The Labute approximate surface area is 187 Å². The molecule has 3 aromatic rings. The quantitative estimate of drug-likeness (QED) is 0.570. The summed E-state index contributed by atoms with van der Waals surface area (Å²) in [6.45, 7) is 5.42. The summed E-state index contributed by atoms with van der Waals surface area (Å²) in [5.41, 5.74) is 2.33. The van der Waals surface area contributed by atoms with E-state index in [9.17, 15) is 20.6 Å². The maximum absolute atomic E-state index is 12.7. The van der Waals surface area contributed by atoms with Gasteiger partial charge in [-0.1, -0.05) is 30.3 Å². The van der Waals surface area contributed by atoms with E-state index in [4.69, 9.17) is 4.74 Å². The molecular weight excluding hydrogens is 400 g/mol. The lowest BCUT2D eigenvalue weighted by Crippen LogP contribution is -2.28. The van der Waals surface area contributed by atoms with Crippen LogP contribution in [-0.4, -0.2) is 16.3 Å². The van der Waals surface area contributed by atoms with E-state index in [1.807, 2.05) is 48.5 Å². The Morgan fingerprint density at radius 3 is 2.16 bits per heavy atom. The molecule has 1 atom stereocenters. The molecule has 0 N–H and O–H groups in total. The first-order chi connectivity index (χ1) is 15.3. The van der Waals surface area contributed by atoms with Gasteiger partial charge in [-0.15, -0.1) is 0 Å². The molecule has 0 saturated heterocycles. The topological polar surface area (TPSA) is 103 Å². The Hall–Kier alpha value is -4.34. The highest BCUT2D eigenvalue weighted by molar-refractivity contribution is 5.72. The fraction of sp³-hybridized carbons (Fsp3) is 0.231. The zero-order chi connectivity index (χ0) is 23.3. The maximum atomic E-state index is 12.7. The third-order valence-corrected chi connectivity index (χ3v) is 4.97. The van der Waals surface area contributed by atoms with Crippen molar-refractivity contribution in [2.24, 2.45) is 0 Å². The van der Waals surface area contributed by atoms with Crippen molar-refractivity contribution in [3.05, 3.63) is 94.3 Å². The van der Waals surface area contributed by atoms with Crippen molar-refractivity contribution in [3.8, 4) is 18.2 Å². The molecule has 0 bridgehead atoms. The van der Waals surface area contributed by atoms with E-state index in [0.717, 1.165) is 5.56 Å². The van der Waals surface area contributed by atoms with Crippen molar-refractivity contribution >= 4 is 6.09 Å². The molecule has 0 fully saturated rings. The van der Waals surface area contributed by atoms with E-state index in [0.29, 0.717) is 23.2 Å². The maximum Gasteiger partial charge on any atom is 0.418 e. The number of carbonyl (C=O) groups is 1. The predicted molar refractivity (Wildman–Crippen MR) is 119 cm³/mol. The van der Waals surface area contributed by atoms with Gasteiger partial charge in [0.2, 0.25) is 0 Å². The lowest BCUT2D eigenvalue weighted by atomic mass is 9.83. The normalized spacial score (nSPS) is 11.6. The number of ether oxygens (including phenoxy) is 1. The Balaban J connectivity index is 2.12. The van der Waals surface area contributed by atoms with E-state index in [1.54, 1.807) is 39.1 Å². The highest BCUT2D eigenvalue weighted by Crippen LogP contribution is 2.33. The van der Waals surface area contributed by atoms with Crippen LogP contribution in [0.3, 0.4) is 0 Å². The standard InChI is InChI=1S/C26H22N4O2/c1-26(2,3)32-25(31)30-11-7-10-22(30)14-24(18-8-5-4-6-9-18)23-13-20(16-28)19(15-27)12-21(23)17-29/h4-13,24H,14H2,1-3H3/t24-/m0/s1. The Bertz CT molecular complexity index is 1260. The second-order valence-corrected chi connectivity index (χ2v) is 8.34. The number of carbonyl (C=O) groups excluding carboxylic acids is 1. The minimum Gasteiger partial charge on any atom is -0.443 e. The molecule has 32 heavy (non-hydrogen) atoms. The minimum atomic E-state index is -0.639. The Morgan fingerprint density at radius 1 is 0.938 bits per heavy atom. The molecule has 0 spiro atoms. The number of nitriles is 3. The first-order valence-electron chi connectivity index (χ1n) is 10.1. The second kappa shape index (κ2) is 9.21. The third-order valence-electron chi connectivity index (χ3n) is 4.97. The van der Waals surface area contributed by atoms with Crippen LogP contribution < -0.4 is 0 Å². The molecule has 0 radical (unpaired) electrons. The zero-order valence-corrected chi connectivity index (χ0v) is 18.2. The molecule has 6 nitrogen and oxygen atoms in total. The van der Waals surface area contributed by atoms with E-state index in [1.165, 1.54) is 10.6 Å². The number of aromatic nitrogens is 1. The van der Waals surface area contributed by atoms with Gasteiger partial charge in [0.15, 0.2) is 0 Å². The monoisotopic (exact) mass is 422 g/mol. The average Bonchev–Trinajstić information content (AvgIpc) is 3.24. The van der Waals surface area contributed by atoms with Gasteiger partial charge >= 0.3 is 6.09 Å². The van der Waals surface area contributed by atoms with Gasteiger partial charge in [0.25, 0.3) is 0 Å². The summed E-state index contributed by atoms with van der Waals surface area (Å²) in [5, 5.41) is 28.6. The van der Waals surface area contributed by atoms with Crippen LogP contribution in [-0.2, 0) is 11.2 Å². The summed E-state index contributed by atoms with van der Waals surface area (Å²) >= 11 is 0. The number of nitrogens with zero attached hydrogens (tertiary/aromatic N) is 4. The van der Waals surface area contributed by atoms with Crippen molar-refractivity contribution in [2.45, 2.75) is 38.7 Å². The second-order valence-electron chi connectivity index (χ2n) is 8.34. The van der Waals surface area contributed by atoms with Crippen molar-refractivity contribution in [2.75, 3.05) is 0 Å². The summed E-state index contributed by atoms with van der Waals surface area (Å²) in [4.78, 5) is 12.7. The van der Waals surface area contributed by atoms with Crippen LogP contribution in [0.25, 0.3) is 0 Å². The van der Waals surface area contributed by atoms with E-state index >= 15 is 0 Å². The Kier molecular flexibility index (Phi) is 6.43. The lowest BCUT2D eigenvalue weighted by molar-refractivity contribution is 0.0533. The van der Waals surface area contributed by atoms with Gasteiger partial charge in [-0.3, -0.25) is 4.57 Å². The molecule has 0 unspecified atom stereocenters. The van der Waals surface area contributed by atoms with Crippen LogP contribution in [0, 0.1) is 34.0 Å². The fourth-order valence-corrected chi connectivity index (χ4v) is 3.56. The van der Waals surface area contributed by atoms with E-state index in [-0.39, 0.29) is 17.0 Å². The van der Waals surface area contributed by atoms with Crippen molar-refractivity contribution in [1.29, 1.82) is 15.8 Å². The number of hydrogen-bond acceptors (Lipinski definition) is 5. The largest absolute Gasteiger partial charge is 0.443 e. The van der Waals surface area contributed by atoms with E-state index < -0.39 is 11.7 Å². The highest BCUT2D eigenvalue weighted by atomic mass is 16.6. The molecule has 0 aliphatic rings. The zero-order valence-electron chi connectivity index (χ0n) is 18.2. The molecular formula is C26H22N4O2. The first-order valence-corrected chi connectivity index (χ1v) is 10.1. The first kappa shape index (κ1) is 22.3. The van der Waals surface area contributed by atoms with Crippen molar-refractivity contribution < 1.29 is 9.53 Å². The van der Waals surface area contributed by atoms with Gasteiger partial charge in [0.05, 0.1) is 22.8 Å². The summed E-state index contributed by atoms with van der Waals surface area (Å²) in [5.74, 6) is -0.318. The summed E-state index contributed by atoms with van der Waals surface area (Å²) < 4.78 is 6.98. The molecule has 6 heteroatoms. The van der Waals surface area contributed by atoms with Gasteiger partial charge in [0, 0.05) is 17.8 Å². The van der Waals surface area contributed by atoms with E-state index in [2.05, 4.69) is 6.07 Å². The molecule has 0 amide bonds. The molecule has 2 aromatic carbocycles. The van der Waals surface area contributed by atoms with Gasteiger partial charge in [-0.25, -0.2) is 4.79 Å². The van der Waals surface area contributed by atoms with Crippen LogP contribution in [0.4, 0.5) is 4.79 Å². The molecule has 0 aliphatic carbocycles. The van der Waals surface area contributed by atoms with Crippen LogP contribution in [0.5, 0.6) is 0 Å². The van der Waals surface area contributed by atoms with Crippen LogP contribution in [0.1, 0.15) is 60.2 Å². The molecule has 3 rings (SSSR count). The summed E-state index contributed by atoms with van der Waals surface area (Å²) in [6, 6.07) is 22.4. The minimum absolute atomic E-state index is 0.164. The lowest BCUT2D eigenvalue weighted by Gasteiger charge is -2.23.